The fourth-order valence-corrected chi connectivity index (χ4v) is 1.85. The van der Waals surface area contributed by atoms with Crippen molar-refractivity contribution in [3.63, 3.8) is 0 Å². The minimum atomic E-state index is -0.833. The van der Waals surface area contributed by atoms with Crippen LogP contribution in [0.15, 0.2) is 24.3 Å². The second kappa shape index (κ2) is 4.75. The van der Waals surface area contributed by atoms with Gasteiger partial charge in [0.1, 0.15) is 0 Å². The zero-order chi connectivity index (χ0) is 12.4. The summed E-state index contributed by atoms with van der Waals surface area (Å²) in [6.07, 6.45) is 0.295. The Morgan fingerprint density at radius 3 is 2.41 bits per heavy atom. The Morgan fingerprint density at radius 1 is 1.29 bits per heavy atom. The van der Waals surface area contributed by atoms with Crippen molar-refractivity contribution in [1.82, 2.24) is 4.90 Å². The maximum Gasteiger partial charge on any atom is 0.310 e. The maximum absolute atomic E-state index is 11.7. The predicted molar refractivity (Wildman–Crippen MR) is 62.9 cm³/mol. The van der Waals surface area contributed by atoms with Crippen LogP contribution in [0, 0.1) is 5.92 Å². The van der Waals surface area contributed by atoms with Crippen LogP contribution in [0.2, 0.25) is 5.02 Å². The van der Waals surface area contributed by atoms with Gasteiger partial charge in [0.05, 0.1) is 12.3 Å². The van der Waals surface area contributed by atoms with Gasteiger partial charge in [-0.05, 0) is 17.7 Å². The summed E-state index contributed by atoms with van der Waals surface area (Å²) in [5.41, 5.74) is 0.887. The highest BCUT2D eigenvalue weighted by Crippen LogP contribution is 2.17. The smallest absolute Gasteiger partial charge is 0.310 e. The van der Waals surface area contributed by atoms with Crippen molar-refractivity contribution in [2.45, 2.75) is 6.42 Å². The van der Waals surface area contributed by atoms with Gasteiger partial charge in [0.2, 0.25) is 5.91 Å². The first-order valence-corrected chi connectivity index (χ1v) is 5.69. The number of carboxylic acids is 1. The van der Waals surface area contributed by atoms with E-state index in [-0.39, 0.29) is 5.91 Å². The molecule has 0 radical (unpaired) electrons. The minimum Gasteiger partial charge on any atom is -0.481 e. The van der Waals surface area contributed by atoms with Crippen LogP contribution in [-0.2, 0) is 16.0 Å². The standard InChI is InChI=1S/C12H12ClNO3/c13-10-3-1-8(2-4-10)5-11(15)14-6-9(7-14)12(16)17/h1-4,9H,5-7H2,(H,16,17). The van der Waals surface area contributed by atoms with E-state index in [1.54, 1.807) is 29.2 Å². The molecule has 1 N–H and O–H groups in total. The first kappa shape index (κ1) is 11.9. The van der Waals surface area contributed by atoms with Crippen molar-refractivity contribution in [1.29, 1.82) is 0 Å². The Kier molecular flexibility index (Phi) is 3.33. The molecule has 17 heavy (non-hydrogen) atoms. The molecule has 1 saturated heterocycles. The third kappa shape index (κ3) is 2.77. The van der Waals surface area contributed by atoms with Gasteiger partial charge in [-0.2, -0.15) is 0 Å². The fraction of sp³-hybridized carbons (Fsp3) is 0.333. The van der Waals surface area contributed by atoms with Gasteiger partial charge in [0.25, 0.3) is 0 Å². The molecule has 1 aliphatic rings. The van der Waals surface area contributed by atoms with E-state index >= 15 is 0 Å². The molecule has 1 amide bonds. The van der Waals surface area contributed by atoms with Gasteiger partial charge in [-0.15, -0.1) is 0 Å². The van der Waals surface area contributed by atoms with E-state index in [2.05, 4.69) is 0 Å². The third-order valence-corrected chi connectivity index (χ3v) is 3.10. The van der Waals surface area contributed by atoms with E-state index in [1.807, 2.05) is 0 Å². The molecule has 0 unspecified atom stereocenters. The highest BCUT2D eigenvalue weighted by molar-refractivity contribution is 6.30. The summed E-state index contributed by atoms with van der Waals surface area (Å²) in [4.78, 5) is 23.9. The van der Waals surface area contributed by atoms with Gasteiger partial charge in [-0.3, -0.25) is 9.59 Å². The summed E-state index contributed by atoms with van der Waals surface area (Å²) in [5.74, 6) is -1.27. The van der Waals surface area contributed by atoms with E-state index in [4.69, 9.17) is 16.7 Å². The first-order valence-electron chi connectivity index (χ1n) is 5.31. The summed E-state index contributed by atoms with van der Waals surface area (Å²) in [5, 5.41) is 9.34. The lowest BCUT2D eigenvalue weighted by atomic mass is 9.99. The predicted octanol–water partition coefficient (Wildman–Crippen LogP) is 1.43. The van der Waals surface area contributed by atoms with Crippen molar-refractivity contribution in [2.24, 2.45) is 5.92 Å². The minimum absolute atomic E-state index is 0.0372. The molecule has 1 fully saturated rings. The van der Waals surface area contributed by atoms with Crippen LogP contribution in [0.4, 0.5) is 0 Å². The van der Waals surface area contributed by atoms with Crippen molar-refractivity contribution in [2.75, 3.05) is 13.1 Å². The molecule has 0 aromatic heterocycles. The number of carbonyl (C=O) groups excluding carboxylic acids is 1. The topological polar surface area (TPSA) is 57.6 Å². The molecule has 1 aromatic rings. The number of halogens is 1. The van der Waals surface area contributed by atoms with Crippen LogP contribution in [0.5, 0.6) is 0 Å². The van der Waals surface area contributed by atoms with Crippen molar-refractivity contribution in [3.05, 3.63) is 34.9 Å². The molecule has 0 atom stereocenters. The number of carbonyl (C=O) groups is 2. The molecule has 0 saturated carbocycles. The van der Waals surface area contributed by atoms with Crippen molar-refractivity contribution >= 4 is 23.5 Å². The van der Waals surface area contributed by atoms with Gasteiger partial charge in [0, 0.05) is 18.1 Å². The number of benzene rings is 1. The quantitative estimate of drug-likeness (QED) is 0.887. The van der Waals surface area contributed by atoms with Crippen LogP contribution < -0.4 is 0 Å². The van der Waals surface area contributed by atoms with Gasteiger partial charge in [-0.25, -0.2) is 0 Å². The lowest BCUT2D eigenvalue weighted by Crippen LogP contribution is -2.53. The zero-order valence-electron chi connectivity index (χ0n) is 9.10. The van der Waals surface area contributed by atoms with Crippen LogP contribution in [0.25, 0.3) is 0 Å². The van der Waals surface area contributed by atoms with Crippen LogP contribution in [0.1, 0.15) is 5.56 Å². The second-order valence-electron chi connectivity index (χ2n) is 4.14. The number of carboxylic acid groups (broad SMARTS) is 1. The van der Waals surface area contributed by atoms with Crippen molar-refractivity contribution < 1.29 is 14.7 Å². The number of aliphatic carboxylic acids is 1. The molecule has 1 aromatic carbocycles. The summed E-state index contributed by atoms with van der Waals surface area (Å²) >= 11 is 5.74. The lowest BCUT2D eigenvalue weighted by molar-refractivity contribution is -0.152. The SMILES string of the molecule is O=C(O)C1CN(C(=O)Cc2ccc(Cl)cc2)C1. The highest BCUT2D eigenvalue weighted by Gasteiger charge is 2.35. The summed E-state index contributed by atoms with van der Waals surface area (Å²) in [6, 6.07) is 7.07. The molecule has 0 aliphatic carbocycles. The molecule has 1 heterocycles. The van der Waals surface area contributed by atoms with Crippen molar-refractivity contribution in [3.8, 4) is 0 Å². The Morgan fingerprint density at radius 2 is 1.88 bits per heavy atom. The first-order chi connectivity index (χ1) is 8.06. The van der Waals surface area contributed by atoms with E-state index in [1.165, 1.54) is 0 Å². The molecule has 0 bridgehead atoms. The maximum atomic E-state index is 11.7. The molecule has 0 spiro atoms. The van der Waals surface area contributed by atoms with Gasteiger partial charge in [-0.1, -0.05) is 23.7 Å². The number of rotatable bonds is 3. The molecule has 90 valence electrons. The number of hydrogen-bond acceptors (Lipinski definition) is 2. The normalized spacial score (nSPS) is 15.5. The Hall–Kier alpha value is -1.55. The average Bonchev–Trinajstić information content (AvgIpc) is 2.18. The Balaban J connectivity index is 1.87. The van der Waals surface area contributed by atoms with E-state index < -0.39 is 11.9 Å². The molecule has 2 rings (SSSR count). The second-order valence-corrected chi connectivity index (χ2v) is 4.57. The Labute approximate surface area is 104 Å². The summed E-state index contributed by atoms with van der Waals surface area (Å²) < 4.78 is 0. The summed E-state index contributed by atoms with van der Waals surface area (Å²) in [6.45, 7) is 0.642. The van der Waals surface area contributed by atoms with E-state index in [9.17, 15) is 9.59 Å². The monoisotopic (exact) mass is 253 g/mol. The molecule has 4 nitrogen and oxygen atoms in total. The van der Waals surface area contributed by atoms with Gasteiger partial charge < -0.3 is 10.0 Å². The Bertz CT molecular complexity index is 438. The van der Waals surface area contributed by atoms with Crippen LogP contribution in [-0.4, -0.2) is 35.0 Å². The van der Waals surface area contributed by atoms with Crippen LogP contribution in [0.3, 0.4) is 0 Å². The molecule has 5 heteroatoms. The largest absolute Gasteiger partial charge is 0.481 e. The average molecular weight is 254 g/mol. The zero-order valence-corrected chi connectivity index (χ0v) is 9.85. The van der Waals surface area contributed by atoms with E-state index in [0.29, 0.717) is 24.5 Å². The number of nitrogens with zero attached hydrogens (tertiary/aromatic N) is 1. The lowest BCUT2D eigenvalue weighted by Gasteiger charge is -2.36. The molecule has 1 aliphatic heterocycles. The van der Waals surface area contributed by atoms with Gasteiger partial charge in [0.15, 0.2) is 0 Å². The number of hydrogen-bond donors (Lipinski definition) is 1. The third-order valence-electron chi connectivity index (χ3n) is 2.85. The molecular weight excluding hydrogens is 242 g/mol. The van der Waals surface area contributed by atoms with E-state index in [0.717, 1.165) is 5.56 Å². The summed E-state index contributed by atoms with van der Waals surface area (Å²) in [7, 11) is 0. The number of amides is 1. The number of likely N-dealkylation sites (tertiary alicyclic amines) is 1. The fourth-order valence-electron chi connectivity index (χ4n) is 1.73. The molecular formula is C12H12ClNO3. The highest BCUT2D eigenvalue weighted by atomic mass is 35.5. The van der Waals surface area contributed by atoms with Crippen LogP contribution >= 0.6 is 11.6 Å². The van der Waals surface area contributed by atoms with Gasteiger partial charge >= 0.3 is 5.97 Å².